The highest BCUT2D eigenvalue weighted by Crippen LogP contribution is 2.35. The first-order valence-electron chi connectivity index (χ1n) is 10.5. The SMILES string of the molecule is COC(=O)c1ccc(NC(=O)CSc2nc3c(c(=O)n2-c2ccc(OC)cc2)SC(C)C3)cc1. The summed E-state index contributed by atoms with van der Waals surface area (Å²) >= 11 is 2.73. The van der Waals surface area contributed by atoms with E-state index in [-0.39, 0.29) is 22.5 Å². The fourth-order valence-electron chi connectivity index (χ4n) is 3.49. The van der Waals surface area contributed by atoms with Crippen LogP contribution in [0.5, 0.6) is 5.75 Å². The van der Waals surface area contributed by atoms with Crippen LogP contribution >= 0.6 is 23.5 Å². The van der Waals surface area contributed by atoms with Gasteiger partial charge < -0.3 is 14.8 Å². The van der Waals surface area contributed by atoms with Crippen LogP contribution in [0.3, 0.4) is 0 Å². The number of aromatic nitrogens is 2. The van der Waals surface area contributed by atoms with Gasteiger partial charge in [-0.1, -0.05) is 18.7 Å². The highest BCUT2D eigenvalue weighted by atomic mass is 32.2. The van der Waals surface area contributed by atoms with Crippen LogP contribution in [0.1, 0.15) is 23.0 Å². The zero-order valence-corrected chi connectivity index (χ0v) is 20.5. The zero-order chi connectivity index (χ0) is 24.2. The maximum Gasteiger partial charge on any atom is 0.337 e. The number of esters is 1. The van der Waals surface area contributed by atoms with Crippen LogP contribution < -0.4 is 15.6 Å². The summed E-state index contributed by atoms with van der Waals surface area (Å²) in [6, 6.07) is 13.6. The molecular weight excluding hydrogens is 474 g/mol. The van der Waals surface area contributed by atoms with E-state index < -0.39 is 5.97 Å². The number of anilines is 1. The molecule has 1 aromatic heterocycles. The minimum absolute atomic E-state index is 0.0584. The lowest BCUT2D eigenvalue weighted by Crippen LogP contribution is -2.24. The van der Waals surface area contributed by atoms with Crippen LogP contribution in [0.25, 0.3) is 5.69 Å². The number of hydrogen-bond acceptors (Lipinski definition) is 8. The molecule has 1 N–H and O–H groups in total. The number of carbonyl (C=O) groups is 2. The minimum Gasteiger partial charge on any atom is -0.497 e. The van der Waals surface area contributed by atoms with E-state index in [1.807, 2.05) is 0 Å². The molecule has 0 radical (unpaired) electrons. The molecule has 34 heavy (non-hydrogen) atoms. The van der Waals surface area contributed by atoms with Crippen LogP contribution in [0.4, 0.5) is 5.69 Å². The first kappa shape index (κ1) is 23.9. The summed E-state index contributed by atoms with van der Waals surface area (Å²) in [6.45, 7) is 2.06. The summed E-state index contributed by atoms with van der Waals surface area (Å²) in [4.78, 5) is 42.9. The molecule has 2 aromatic carbocycles. The number of rotatable bonds is 7. The van der Waals surface area contributed by atoms with Crippen molar-refractivity contribution in [1.82, 2.24) is 9.55 Å². The summed E-state index contributed by atoms with van der Waals surface area (Å²) in [6.07, 6.45) is 0.713. The Balaban J connectivity index is 1.55. The average Bonchev–Trinajstić information content (AvgIpc) is 3.23. The zero-order valence-electron chi connectivity index (χ0n) is 18.9. The van der Waals surface area contributed by atoms with Gasteiger partial charge in [0.15, 0.2) is 5.16 Å². The first-order valence-corrected chi connectivity index (χ1v) is 12.3. The molecule has 0 bridgehead atoms. The van der Waals surface area contributed by atoms with E-state index in [9.17, 15) is 14.4 Å². The van der Waals surface area contributed by atoms with E-state index in [0.717, 1.165) is 5.69 Å². The average molecular weight is 498 g/mol. The van der Waals surface area contributed by atoms with Gasteiger partial charge in [0.2, 0.25) is 5.91 Å². The standard InChI is InChI=1S/C24H23N3O5S2/c1-14-12-19-21(34-14)22(29)27(17-8-10-18(31-2)11-9-17)24(26-19)33-13-20(28)25-16-6-4-15(5-7-16)23(30)32-3/h4-11,14H,12-13H2,1-3H3,(H,25,28). The largest absolute Gasteiger partial charge is 0.497 e. The Kier molecular flexibility index (Phi) is 7.28. The number of fused-ring (bicyclic) bond motifs is 1. The predicted molar refractivity (Wildman–Crippen MR) is 133 cm³/mol. The number of amides is 1. The molecule has 0 fully saturated rings. The number of methoxy groups -OCH3 is 2. The quantitative estimate of drug-likeness (QED) is 0.299. The third-order valence-corrected chi connectivity index (χ3v) is 7.29. The van der Waals surface area contributed by atoms with Gasteiger partial charge in [0.25, 0.3) is 5.56 Å². The van der Waals surface area contributed by atoms with E-state index in [1.165, 1.54) is 30.6 Å². The lowest BCUT2D eigenvalue weighted by molar-refractivity contribution is -0.113. The highest BCUT2D eigenvalue weighted by molar-refractivity contribution is 8.00. The van der Waals surface area contributed by atoms with Crippen LogP contribution in [0.2, 0.25) is 0 Å². The van der Waals surface area contributed by atoms with Gasteiger partial charge in [0.05, 0.1) is 41.8 Å². The van der Waals surface area contributed by atoms with Crippen LogP contribution in [-0.2, 0) is 16.0 Å². The Bertz CT molecular complexity index is 1270. The Hall–Kier alpha value is -3.24. The molecule has 2 heterocycles. The van der Waals surface area contributed by atoms with Gasteiger partial charge in [0.1, 0.15) is 5.75 Å². The van der Waals surface area contributed by atoms with Crippen molar-refractivity contribution in [2.45, 2.75) is 28.6 Å². The molecular formula is C24H23N3O5S2. The number of hydrogen-bond donors (Lipinski definition) is 1. The minimum atomic E-state index is -0.444. The lowest BCUT2D eigenvalue weighted by Gasteiger charge is -2.14. The Morgan fingerprint density at radius 1 is 1.15 bits per heavy atom. The normalized spacial score (nSPS) is 14.4. The maximum atomic E-state index is 13.3. The summed E-state index contributed by atoms with van der Waals surface area (Å²) in [7, 11) is 2.89. The van der Waals surface area contributed by atoms with Crippen molar-refractivity contribution < 1.29 is 19.1 Å². The summed E-state index contributed by atoms with van der Waals surface area (Å²) in [5.41, 5.74) is 2.24. The molecule has 1 atom stereocenters. The predicted octanol–water partition coefficient (Wildman–Crippen LogP) is 3.80. The number of benzene rings is 2. The van der Waals surface area contributed by atoms with Crippen LogP contribution in [0.15, 0.2) is 63.4 Å². The van der Waals surface area contributed by atoms with Crippen LogP contribution in [-0.4, -0.2) is 46.6 Å². The lowest BCUT2D eigenvalue weighted by atomic mass is 10.2. The van der Waals surface area contributed by atoms with E-state index in [1.54, 1.807) is 60.2 Å². The molecule has 0 saturated carbocycles. The molecule has 8 nitrogen and oxygen atoms in total. The van der Waals surface area contributed by atoms with Crippen molar-refractivity contribution in [3.05, 3.63) is 70.1 Å². The number of ether oxygens (including phenoxy) is 2. The Morgan fingerprint density at radius 2 is 1.85 bits per heavy atom. The van der Waals surface area contributed by atoms with E-state index in [4.69, 9.17) is 9.72 Å². The van der Waals surface area contributed by atoms with Crippen molar-refractivity contribution in [3.63, 3.8) is 0 Å². The maximum absolute atomic E-state index is 13.3. The van der Waals surface area contributed by atoms with Crippen molar-refractivity contribution >= 4 is 41.1 Å². The van der Waals surface area contributed by atoms with E-state index in [2.05, 4.69) is 17.0 Å². The van der Waals surface area contributed by atoms with Gasteiger partial charge in [-0.2, -0.15) is 0 Å². The molecule has 0 saturated heterocycles. The molecule has 1 amide bonds. The van der Waals surface area contributed by atoms with E-state index in [0.29, 0.717) is 39.2 Å². The van der Waals surface area contributed by atoms with Gasteiger partial charge in [-0.05, 0) is 48.5 Å². The first-order chi connectivity index (χ1) is 16.4. The molecule has 1 aliphatic heterocycles. The fourth-order valence-corrected chi connectivity index (χ4v) is 5.42. The molecule has 0 spiro atoms. The van der Waals surface area contributed by atoms with Crippen molar-refractivity contribution in [2.24, 2.45) is 0 Å². The Morgan fingerprint density at radius 3 is 2.50 bits per heavy atom. The Labute approximate surface area is 205 Å². The summed E-state index contributed by atoms with van der Waals surface area (Å²) in [5, 5.41) is 3.53. The third-order valence-electron chi connectivity index (χ3n) is 5.13. The molecule has 176 valence electrons. The molecule has 1 aliphatic rings. The van der Waals surface area contributed by atoms with Crippen molar-refractivity contribution in [3.8, 4) is 11.4 Å². The number of carbonyl (C=O) groups excluding carboxylic acids is 2. The molecule has 10 heteroatoms. The van der Waals surface area contributed by atoms with Gasteiger partial charge in [-0.25, -0.2) is 9.78 Å². The fraction of sp³-hybridized carbons (Fsp3) is 0.250. The van der Waals surface area contributed by atoms with Gasteiger partial charge >= 0.3 is 5.97 Å². The van der Waals surface area contributed by atoms with Gasteiger partial charge in [-0.3, -0.25) is 14.2 Å². The second-order valence-corrected chi connectivity index (χ2v) is 9.94. The van der Waals surface area contributed by atoms with Gasteiger partial charge in [-0.15, -0.1) is 11.8 Å². The van der Waals surface area contributed by atoms with Crippen molar-refractivity contribution in [2.75, 3.05) is 25.3 Å². The summed E-state index contributed by atoms with van der Waals surface area (Å²) in [5.74, 6) is 0.0402. The summed E-state index contributed by atoms with van der Waals surface area (Å²) < 4.78 is 11.5. The highest BCUT2D eigenvalue weighted by Gasteiger charge is 2.27. The van der Waals surface area contributed by atoms with Crippen molar-refractivity contribution in [1.29, 1.82) is 0 Å². The number of nitrogens with zero attached hydrogens (tertiary/aromatic N) is 2. The molecule has 4 rings (SSSR count). The second-order valence-electron chi connectivity index (χ2n) is 7.55. The monoisotopic (exact) mass is 497 g/mol. The number of nitrogens with one attached hydrogen (secondary N) is 1. The third kappa shape index (κ3) is 5.13. The van der Waals surface area contributed by atoms with E-state index >= 15 is 0 Å². The van der Waals surface area contributed by atoms with Gasteiger partial charge in [0, 0.05) is 17.4 Å². The number of thioether (sulfide) groups is 2. The smallest absolute Gasteiger partial charge is 0.337 e. The second kappa shape index (κ2) is 10.4. The van der Waals surface area contributed by atoms with Crippen LogP contribution in [0, 0.1) is 0 Å². The topological polar surface area (TPSA) is 99.5 Å². The molecule has 1 unspecified atom stereocenters. The molecule has 3 aromatic rings. The molecule has 0 aliphatic carbocycles.